The Balaban J connectivity index is 2.58. The number of hydrogen-bond acceptors (Lipinski definition) is 2. The molecule has 2 nitrogen and oxygen atoms in total. The van der Waals surface area contributed by atoms with Crippen LogP contribution in [-0.4, -0.2) is 11.7 Å². The highest BCUT2D eigenvalue weighted by molar-refractivity contribution is 6.32. The SMILES string of the molecule is Cc1cc(C2(CN)CC2)c(C)c(O)c1Cl. The molecule has 0 unspecified atom stereocenters. The quantitative estimate of drug-likeness (QED) is 0.813. The van der Waals surface area contributed by atoms with E-state index in [0.29, 0.717) is 11.6 Å². The average Bonchev–Trinajstić information content (AvgIpc) is 3.01. The fourth-order valence-corrected chi connectivity index (χ4v) is 2.35. The molecule has 1 aromatic rings. The van der Waals surface area contributed by atoms with E-state index >= 15 is 0 Å². The molecule has 0 radical (unpaired) electrons. The lowest BCUT2D eigenvalue weighted by Gasteiger charge is -2.18. The molecule has 1 saturated carbocycles. The molecule has 0 aromatic heterocycles. The van der Waals surface area contributed by atoms with Crippen molar-refractivity contribution < 1.29 is 5.11 Å². The highest BCUT2D eigenvalue weighted by Gasteiger charge is 2.44. The first kappa shape index (κ1) is 10.8. The van der Waals surface area contributed by atoms with Gasteiger partial charge >= 0.3 is 0 Å². The molecule has 82 valence electrons. The summed E-state index contributed by atoms with van der Waals surface area (Å²) >= 11 is 5.99. The first-order valence-electron chi connectivity index (χ1n) is 5.21. The lowest BCUT2D eigenvalue weighted by Crippen LogP contribution is -2.21. The van der Waals surface area contributed by atoms with E-state index < -0.39 is 0 Å². The minimum Gasteiger partial charge on any atom is -0.506 e. The number of aryl methyl sites for hydroxylation is 1. The summed E-state index contributed by atoms with van der Waals surface area (Å²) in [6.07, 6.45) is 2.23. The fourth-order valence-electron chi connectivity index (χ4n) is 2.15. The van der Waals surface area contributed by atoms with E-state index in [0.717, 1.165) is 24.0 Å². The number of benzene rings is 1. The minimum atomic E-state index is 0.108. The van der Waals surface area contributed by atoms with Gasteiger partial charge in [-0.15, -0.1) is 0 Å². The Bertz CT molecular complexity index is 411. The summed E-state index contributed by atoms with van der Waals surface area (Å²) in [5.74, 6) is 0.214. The standard InChI is InChI=1S/C12H16ClNO/c1-7-5-9(12(6-14)3-4-12)8(2)11(15)10(7)13/h5,15H,3-4,6,14H2,1-2H3. The van der Waals surface area contributed by atoms with Gasteiger partial charge < -0.3 is 10.8 Å². The van der Waals surface area contributed by atoms with Crippen LogP contribution in [0.1, 0.15) is 29.5 Å². The van der Waals surface area contributed by atoms with E-state index in [2.05, 4.69) is 6.07 Å². The van der Waals surface area contributed by atoms with Gasteiger partial charge in [-0.3, -0.25) is 0 Å². The molecule has 1 fully saturated rings. The molecule has 0 amide bonds. The summed E-state index contributed by atoms with van der Waals surface area (Å²) < 4.78 is 0. The second-order valence-electron chi connectivity index (χ2n) is 4.51. The number of halogens is 1. The number of phenolic OH excluding ortho intramolecular Hbond substituents is 1. The molecule has 0 spiro atoms. The predicted molar refractivity (Wildman–Crippen MR) is 62.6 cm³/mol. The van der Waals surface area contributed by atoms with Gasteiger partial charge in [0.25, 0.3) is 0 Å². The van der Waals surface area contributed by atoms with Gasteiger partial charge in [-0.2, -0.15) is 0 Å². The lowest BCUT2D eigenvalue weighted by molar-refractivity contribution is 0.468. The van der Waals surface area contributed by atoms with Crippen LogP contribution in [0.25, 0.3) is 0 Å². The third-order valence-electron chi connectivity index (χ3n) is 3.49. The monoisotopic (exact) mass is 225 g/mol. The predicted octanol–water partition coefficient (Wildman–Crippen LogP) is 2.65. The van der Waals surface area contributed by atoms with Gasteiger partial charge in [-0.25, -0.2) is 0 Å². The number of hydrogen-bond donors (Lipinski definition) is 2. The van der Waals surface area contributed by atoms with Crippen molar-refractivity contribution in [1.82, 2.24) is 0 Å². The van der Waals surface area contributed by atoms with Crippen molar-refractivity contribution >= 4 is 11.6 Å². The van der Waals surface area contributed by atoms with Crippen LogP contribution in [0.3, 0.4) is 0 Å². The maximum absolute atomic E-state index is 9.88. The third kappa shape index (κ3) is 1.52. The summed E-state index contributed by atoms with van der Waals surface area (Å²) in [6, 6.07) is 2.07. The van der Waals surface area contributed by atoms with Crippen LogP contribution in [0.2, 0.25) is 5.02 Å². The average molecular weight is 226 g/mol. The second kappa shape index (κ2) is 3.39. The van der Waals surface area contributed by atoms with Gasteiger partial charge in [0.15, 0.2) is 0 Å². The molecule has 3 heteroatoms. The van der Waals surface area contributed by atoms with Crippen LogP contribution in [0.4, 0.5) is 0 Å². The normalized spacial score (nSPS) is 17.9. The molecule has 0 heterocycles. The summed E-state index contributed by atoms with van der Waals surface area (Å²) in [6.45, 7) is 4.47. The van der Waals surface area contributed by atoms with Gasteiger partial charge in [0, 0.05) is 12.0 Å². The maximum atomic E-state index is 9.88. The Morgan fingerprint density at radius 1 is 1.47 bits per heavy atom. The highest BCUT2D eigenvalue weighted by atomic mass is 35.5. The number of aromatic hydroxyl groups is 1. The van der Waals surface area contributed by atoms with Crippen molar-refractivity contribution in [2.24, 2.45) is 5.73 Å². The van der Waals surface area contributed by atoms with Gasteiger partial charge in [-0.1, -0.05) is 17.7 Å². The Labute approximate surface area is 95.1 Å². The molecule has 1 aliphatic carbocycles. The Kier molecular flexibility index (Phi) is 2.44. The van der Waals surface area contributed by atoms with Crippen LogP contribution < -0.4 is 5.73 Å². The first-order chi connectivity index (χ1) is 7.02. The molecular formula is C12H16ClNO. The van der Waals surface area contributed by atoms with Crippen molar-refractivity contribution in [3.63, 3.8) is 0 Å². The largest absolute Gasteiger partial charge is 0.506 e. The van der Waals surface area contributed by atoms with E-state index in [4.69, 9.17) is 17.3 Å². The topological polar surface area (TPSA) is 46.2 Å². The van der Waals surface area contributed by atoms with Gasteiger partial charge in [0.1, 0.15) is 5.75 Å². The molecule has 1 aliphatic rings. The molecular weight excluding hydrogens is 210 g/mol. The lowest BCUT2D eigenvalue weighted by atomic mass is 9.90. The molecule has 1 aromatic carbocycles. The highest BCUT2D eigenvalue weighted by Crippen LogP contribution is 2.51. The number of nitrogens with two attached hydrogens (primary N) is 1. The minimum absolute atomic E-state index is 0.108. The maximum Gasteiger partial charge on any atom is 0.137 e. The van der Waals surface area contributed by atoms with Crippen molar-refractivity contribution in [1.29, 1.82) is 0 Å². The molecule has 15 heavy (non-hydrogen) atoms. The Hall–Kier alpha value is -0.730. The molecule has 0 bridgehead atoms. The first-order valence-corrected chi connectivity index (χ1v) is 5.59. The van der Waals surface area contributed by atoms with E-state index in [-0.39, 0.29) is 11.2 Å². The smallest absolute Gasteiger partial charge is 0.137 e. The molecule has 0 saturated heterocycles. The molecule has 2 rings (SSSR count). The van der Waals surface area contributed by atoms with E-state index in [9.17, 15) is 5.11 Å². The Morgan fingerprint density at radius 3 is 2.53 bits per heavy atom. The molecule has 0 atom stereocenters. The van der Waals surface area contributed by atoms with Gasteiger partial charge in [-0.05, 0) is 43.4 Å². The van der Waals surface area contributed by atoms with Crippen LogP contribution in [0.15, 0.2) is 6.07 Å². The zero-order valence-electron chi connectivity index (χ0n) is 9.10. The van der Waals surface area contributed by atoms with Crippen LogP contribution in [0, 0.1) is 13.8 Å². The molecule has 0 aliphatic heterocycles. The fraction of sp³-hybridized carbons (Fsp3) is 0.500. The van der Waals surface area contributed by atoms with Crippen LogP contribution in [-0.2, 0) is 5.41 Å². The summed E-state index contributed by atoms with van der Waals surface area (Å²) in [4.78, 5) is 0. The summed E-state index contributed by atoms with van der Waals surface area (Å²) in [5, 5.41) is 10.3. The van der Waals surface area contributed by atoms with Gasteiger partial charge in [0.2, 0.25) is 0 Å². The van der Waals surface area contributed by atoms with Crippen LogP contribution >= 0.6 is 11.6 Å². The number of rotatable bonds is 2. The third-order valence-corrected chi connectivity index (χ3v) is 3.97. The van der Waals surface area contributed by atoms with Crippen molar-refractivity contribution in [3.05, 3.63) is 27.8 Å². The summed E-state index contributed by atoms with van der Waals surface area (Å²) in [7, 11) is 0. The van der Waals surface area contributed by atoms with Crippen molar-refractivity contribution in [2.45, 2.75) is 32.1 Å². The zero-order chi connectivity index (χ0) is 11.2. The van der Waals surface area contributed by atoms with Gasteiger partial charge in [0.05, 0.1) is 5.02 Å². The molecule has 3 N–H and O–H groups in total. The Morgan fingerprint density at radius 2 is 2.07 bits per heavy atom. The second-order valence-corrected chi connectivity index (χ2v) is 4.89. The van der Waals surface area contributed by atoms with Crippen molar-refractivity contribution in [3.8, 4) is 5.75 Å². The number of phenols is 1. The van der Waals surface area contributed by atoms with Crippen molar-refractivity contribution in [2.75, 3.05) is 6.54 Å². The zero-order valence-corrected chi connectivity index (χ0v) is 9.86. The van der Waals surface area contributed by atoms with E-state index in [1.165, 1.54) is 5.56 Å². The summed E-state index contributed by atoms with van der Waals surface area (Å²) in [5.41, 5.74) is 8.88. The van der Waals surface area contributed by atoms with Crippen LogP contribution in [0.5, 0.6) is 5.75 Å². The van der Waals surface area contributed by atoms with E-state index in [1.807, 2.05) is 13.8 Å². The van der Waals surface area contributed by atoms with E-state index in [1.54, 1.807) is 0 Å².